The van der Waals surface area contributed by atoms with Gasteiger partial charge in [-0.25, -0.2) is 4.99 Å². The molecule has 0 bridgehead atoms. The molecule has 0 amide bonds. The van der Waals surface area contributed by atoms with E-state index in [0.717, 1.165) is 18.4 Å². The molecule has 0 saturated heterocycles. The lowest BCUT2D eigenvalue weighted by Crippen LogP contribution is -2.33. The van der Waals surface area contributed by atoms with E-state index in [1.165, 1.54) is 6.20 Å². The Labute approximate surface area is 132 Å². The van der Waals surface area contributed by atoms with E-state index >= 15 is 0 Å². The van der Waals surface area contributed by atoms with E-state index in [1.807, 2.05) is 32.9 Å². The van der Waals surface area contributed by atoms with Gasteiger partial charge in [0.25, 0.3) is 0 Å². The fourth-order valence-corrected chi connectivity index (χ4v) is 2.09. The van der Waals surface area contributed by atoms with Gasteiger partial charge in [0, 0.05) is 17.6 Å². The molecule has 0 heterocycles. The van der Waals surface area contributed by atoms with Crippen LogP contribution in [0, 0.1) is 0 Å². The number of hydrogen-bond acceptors (Lipinski definition) is 4. The first-order valence-corrected chi connectivity index (χ1v) is 7.12. The lowest BCUT2D eigenvalue weighted by Gasteiger charge is -2.19. The van der Waals surface area contributed by atoms with Crippen LogP contribution in [0.5, 0.6) is 0 Å². The minimum atomic E-state index is -0.357. The normalized spacial score (nSPS) is 18.3. The van der Waals surface area contributed by atoms with Gasteiger partial charge in [-0.2, -0.15) is 0 Å². The van der Waals surface area contributed by atoms with E-state index in [9.17, 15) is 0 Å². The number of rotatable bonds is 4. The molecule has 0 radical (unpaired) electrons. The van der Waals surface area contributed by atoms with E-state index in [2.05, 4.69) is 16.6 Å². The molecule has 0 spiro atoms. The molecule has 120 valence electrons. The van der Waals surface area contributed by atoms with Crippen LogP contribution in [0.25, 0.3) is 0 Å². The number of amidine groups is 2. The molecule has 22 heavy (non-hydrogen) atoms. The Morgan fingerprint density at radius 2 is 1.86 bits per heavy atom. The largest absolute Gasteiger partial charge is 0.399 e. The van der Waals surface area contributed by atoms with E-state index in [0.29, 0.717) is 17.0 Å². The maximum atomic E-state index is 6.28. The molecule has 0 aromatic rings. The van der Waals surface area contributed by atoms with Crippen LogP contribution in [0.3, 0.4) is 0 Å². The third kappa shape index (κ3) is 4.80. The van der Waals surface area contributed by atoms with Crippen molar-refractivity contribution in [2.75, 3.05) is 0 Å². The Balaban J connectivity index is 3.47. The van der Waals surface area contributed by atoms with Crippen LogP contribution in [0.4, 0.5) is 0 Å². The Hall–Kier alpha value is -2.50. The molecule has 0 aromatic carbocycles. The van der Waals surface area contributed by atoms with Crippen molar-refractivity contribution in [3.63, 3.8) is 0 Å². The van der Waals surface area contributed by atoms with Crippen LogP contribution in [-0.2, 0) is 0 Å². The molecule has 0 saturated carbocycles. The summed E-state index contributed by atoms with van der Waals surface area (Å²) in [4.78, 5) is 8.43. The quantitative estimate of drug-likeness (QED) is 0.462. The number of aliphatic imine (C=N–C) groups is 2. The summed E-state index contributed by atoms with van der Waals surface area (Å²) in [6.45, 7) is 9.36. The van der Waals surface area contributed by atoms with Gasteiger partial charge in [-0.3, -0.25) is 4.99 Å². The molecule has 6 heteroatoms. The highest BCUT2D eigenvalue weighted by Gasteiger charge is 2.19. The third-order valence-corrected chi connectivity index (χ3v) is 2.95. The van der Waals surface area contributed by atoms with Crippen molar-refractivity contribution in [2.45, 2.75) is 39.2 Å². The second-order valence-electron chi connectivity index (χ2n) is 6.07. The molecule has 1 aliphatic carbocycles. The molecule has 1 aliphatic rings. The minimum absolute atomic E-state index is 0.187. The number of nitrogens with zero attached hydrogens (tertiary/aromatic N) is 2. The first kappa shape index (κ1) is 17.6. The van der Waals surface area contributed by atoms with E-state index in [4.69, 9.17) is 22.9 Å². The zero-order valence-electron chi connectivity index (χ0n) is 13.6. The number of hydrogen-bond donors (Lipinski definition) is 4. The van der Waals surface area contributed by atoms with Gasteiger partial charge >= 0.3 is 0 Å². The average Bonchev–Trinajstić information content (AvgIpc) is 2.36. The van der Waals surface area contributed by atoms with E-state index in [1.54, 1.807) is 0 Å². The Kier molecular flexibility index (Phi) is 5.56. The van der Waals surface area contributed by atoms with Gasteiger partial charge < -0.3 is 22.9 Å². The summed E-state index contributed by atoms with van der Waals surface area (Å²) in [6, 6.07) is 0. The molecule has 1 rings (SSSR count). The van der Waals surface area contributed by atoms with Crippen molar-refractivity contribution in [3.05, 3.63) is 47.5 Å². The Morgan fingerprint density at radius 1 is 1.23 bits per heavy atom. The van der Waals surface area contributed by atoms with E-state index < -0.39 is 0 Å². The smallest absolute Gasteiger partial charge is 0.136 e. The summed E-state index contributed by atoms with van der Waals surface area (Å²) in [5.41, 5.74) is 26.3. The maximum Gasteiger partial charge on any atom is 0.136 e. The summed E-state index contributed by atoms with van der Waals surface area (Å²) in [6.07, 6.45) is 6.70. The average molecular weight is 302 g/mol. The van der Waals surface area contributed by atoms with Crippen molar-refractivity contribution < 1.29 is 0 Å². The van der Waals surface area contributed by atoms with E-state index in [-0.39, 0.29) is 17.2 Å². The van der Waals surface area contributed by atoms with Crippen molar-refractivity contribution in [3.8, 4) is 0 Å². The van der Waals surface area contributed by atoms with Crippen LogP contribution < -0.4 is 22.9 Å². The second-order valence-corrected chi connectivity index (χ2v) is 6.07. The molecule has 0 fully saturated rings. The minimum Gasteiger partial charge on any atom is -0.399 e. The van der Waals surface area contributed by atoms with Crippen LogP contribution in [-0.4, -0.2) is 17.2 Å². The summed E-state index contributed by atoms with van der Waals surface area (Å²) in [5, 5.41) is 0. The van der Waals surface area contributed by atoms with Crippen molar-refractivity contribution in [1.82, 2.24) is 0 Å². The molecular formula is C16H26N6. The highest BCUT2D eigenvalue weighted by molar-refractivity contribution is 6.22. The topological polar surface area (TPSA) is 129 Å². The predicted molar refractivity (Wildman–Crippen MR) is 94.0 cm³/mol. The van der Waals surface area contributed by atoms with Crippen LogP contribution in [0.1, 0.15) is 33.6 Å². The first-order valence-electron chi connectivity index (χ1n) is 7.12. The first-order chi connectivity index (χ1) is 10.2. The molecule has 6 nitrogen and oxygen atoms in total. The lowest BCUT2D eigenvalue weighted by molar-refractivity contribution is 0.583. The summed E-state index contributed by atoms with van der Waals surface area (Å²) in [7, 11) is 0. The second kappa shape index (κ2) is 6.98. The van der Waals surface area contributed by atoms with Gasteiger partial charge in [0.2, 0.25) is 0 Å². The van der Waals surface area contributed by atoms with Crippen molar-refractivity contribution >= 4 is 11.7 Å². The van der Waals surface area contributed by atoms with Crippen molar-refractivity contribution in [2.24, 2.45) is 32.9 Å². The molecule has 0 unspecified atom stereocenters. The van der Waals surface area contributed by atoms with Crippen molar-refractivity contribution in [1.29, 1.82) is 0 Å². The predicted octanol–water partition coefficient (Wildman–Crippen LogP) is 1.42. The molecule has 0 aliphatic heterocycles. The Bertz CT molecular complexity index is 597. The molecular weight excluding hydrogens is 276 g/mol. The zero-order valence-corrected chi connectivity index (χ0v) is 13.6. The number of allylic oxidation sites excluding steroid dienone is 3. The Morgan fingerprint density at radius 3 is 2.36 bits per heavy atom. The van der Waals surface area contributed by atoms with Gasteiger partial charge in [-0.05, 0) is 45.3 Å². The maximum absolute atomic E-state index is 6.28. The van der Waals surface area contributed by atoms with Gasteiger partial charge in [0.1, 0.15) is 11.7 Å². The standard InChI is InChI=1S/C16H26N6/c1-5-21-14(19)12(15(20)22-16(2,3)4)13(18)10-7-6-8-11(17)9-10/h5,8-9H,1,6-7,17-18H2,2-4H3,(H2,19,21)(H2,20,22). The fourth-order valence-electron chi connectivity index (χ4n) is 2.09. The summed E-state index contributed by atoms with van der Waals surface area (Å²) >= 11 is 0. The fraction of sp³-hybridized carbons (Fsp3) is 0.375. The van der Waals surface area contributed by atoms with Crippen LogP contribution in [0.15, 0.2) is 57.5 Å². The van der Waals surface area contributed by atoms with Gasteiger partial charge in [0.15, 0.2) is 0 Å². The zero-order chi connectivity index (χ0) is 16.9. The third-order valence-electron chi connectivity index (χ3n) is 2.95. The van der Waals surface area contributed by atoms with Gasteiger partial charge in [-0.15, -0.1) is 0 Å². The molecule has 0 aromatic heterocycles. The van der Waals surface area contributed by atoms with Gasteiger partial charge in [0.05, 0.1) is 11.1 Å². The molecule has 0 atom stereocenters. The summed E-state index contributed by atoms with van der Waals surface area (Å²) < 4.78 is 0. The monoisotopic (exact) mass is 302 g/mol. The SMILES string of the molecule is C=CN=C(N)C(C(N)=NC(C)(C)C)=C(N)C1=CC(N)=CCC1. The lowest BCUT2D eigenvalue weighted by atomic mass is 9.96. The summed E-state index contributed by atoms with van der Waals surface area (Å²) in [5.74, 6) is 0.439. The number of nitrogens with two attached hydrogens (primary N) is 4. The van der Waals surface area contributed by atoms with Crippen LogP contribution in [0.2, 0.25) is 0 Å². The van der Waals surface area contributed by atoms with Crippen LogP contribution >= 0.6 is 0 Å². The highest BCUT2D eigenvalue weighted by atomic mass is 14.9. The molecule has 8 N–H and O–H groups in total. The van der Waals surface area contributed by atoms with Gasteiger partial charge in [-0.1, -0.05) is 12.7 Å². The highest BCUT2D eigenvalue weighted by Crippen LogP contribution is 2.22.